The van der Waals surface area contributed by atoms with Crippen LogP contribution in [0, 0.1) is 0 Å². The van der Waals surface area contributed by atoms with Crippen molar-refractivity contribution in [2.45, 2.75) is 19.3 Å². The van der Waals surface area contributed by atoms with Gasteiger partial charge < -0.3 is 0 Å². The first kappa shape index (κ1) is 13.6. The normalized spacial score (nSPS) is 21.0. The van der Waals surface area contributed by atoms with Gasteiger partial charge in [-0.05, 0) is 35.8 Å². The van der Waals surface area contributed by atoms with E-state index in [0.29, 0.717) is 5.92 Å². The Balaban J connectivity index is 1.74. The first-order valence-corrected chi connectivity index (χ1v) is 8.43. The van der Waals surface area contributed by atoms with Gasteiger partial charge in [0.15, 0.2) is 0 Å². The van der Waals surface area contributed by atoms with E-state index < -0.39 is 0 Å². The lowest BCUT2D eigenvalue weighted by Gasteiger charge is -2.39. The van der Waals surface area contributed by atoms with Gasteiger partial charge in [-0.15, -0.1) is 0 Å². The standard InChI is InChI=1S/C22H18N2/c1-15-18-12-7-13-20-19-11-6-5-8-16(19)14-21(22(18)20)24(23-15)17-9-3-2-4-10-17/h2-13,20H,14H2,1H3/t20-/m1/s1. The van der Waals surface area contributed by atoms with Crippen molar-refractivity contribution >= 4 is 11.4 Å². The summed E-state index contributed by atoms with van der Waals surface area (Å²) >= 11 is 0. The van der Waals surface area contributed by atoms with Gasteiger partial charge in [-0.3, -0.25) is 0 Å². The highest BCUT2D eigenvalue weighted by molar-refractivity contribution is 6.05. The maximum absolute atomic E-state index is 4.92. The molecule has 0 saturated carbocycles. The Hall–Kier alpha value is -2.87. The number of allylic oxidation sites excluding steroid dienone is 6. The Morgan fingerprint density at radius 1 is 1.00 bits per heavy atom. The third-order valence-corrected chi connectivity index (χ3v) is 5.12. The van der Waals surface area contributed by atoms with Crippen LogP contribution in [0.1, 0.15) is 24.0 Å². The van der Waals surface area contributed by atoms with Crippen molar-refractivity contribution < 1.29 is 0 Å². The summed E-state index contributed by atoms with van der Waals surface area (Å²) < 4.78 is 0. The van der Waals surface area contributed by atoms with E-state index in [1.54, 1.807) is 0 Å². The summed E-state index contributed by atoms with van der Waals surface area (Å²) in [6.45, 7) is 2.11. The van der Waals surface area contributed by atoms with Gasteiger partial charge in [0.1, 0.15) is 0 Å². The van der Waals surface area contributed by atoms with Crippen molar-refractivity contribution in [2.75, 3.05) is 5.01 Å². The molecule has 0 bridgehead atoms. The molecular weight excluding hydrogens is 292 g/mol. The minimum atomic E-state index is 0.335. The molecule has 2 aromatic rings. The van der Waals surface area contributed by atoms with Crippen LogP contribution in [0.25, 0.3) is 0 Å². The van der Waals surface area contributed by atoms with Crippen LogP contribution in [-0.2, 0) is 6.42 Å². The third-order valence-electron chi connectivity index (χ3n) is 5.12. The summed E-state index contributed by atoms with van der Waals surface area (Å²) in [5, 5.41) is 7.06. The fourth-order valence-corrected chi connectivity index (χ4v) is 4.04. The van der Waals surface area contributed by atoms with E-state index in [1.807, 2.05) is 0 Å². The van der Waals surface area contributed by atoms with Crippen LogP contribution in [0.2, 0.25) is 0 Å². The molecule has 0 spiro atoms. The number of para-hydroxylation sites is 1. The number of fused-ring (bicyclic) bond motifs is 2. The van der Waals surface area contributed by atoms with E-state index in [0.717, 1.165) is 17.8 Å². The molecule has 116 valence electrons. The first-order chi connectivity index (χ1) is 11.8. The summed E-state index contributed by atoms with van der Waals surface area (Å²) in [4.78, 5) is 0. The fraction of sp³-hybridized carbons (Fsp3) is 0.136. The molecule has 0 radical (unpaired) electrons. The van der Waals surface area contributed by atoms with Crippen LogP contribution in [-0.4, -0.2) is 5.71 Å². The van der Waals surface area contributed by atoms with Crippen molar-refractivity contribution in [3.63, 3.8) is 0 Å². The van der Waals surface area contributed by atoms with Crippen LogP contribution in [0.3, 0.4) is 0 Å². The lowest BCUT2D eigenvalue weighted by atomic mass is 9.73. The van der Waals surface area contributed by atoms with Crippen molar-refractivity contribution in [1.29, 1.82) is 0 Å². The molecule has 2 aliphatic carbocycles. The number of benzene rings is 2. The molecule has 0 unspecified atom stereocenters. The Morgan fingerprint density at radius 2 is 1.79 bits per heavy atom. The molecular formula is C22H18N2. The Morgan fingerprint density at radius 3 is 2.67 bits per heavy atom. The van der Waals surface area contributed by atoms with Gasteiger partial charge in [-0.2, -0.15) is 5.10 Å². The first-order valence-electron chi connectivity index (χ1n) is 8.43. The fourth-order valence-electron chi connectivity index (χ4n) is 4.04. The Bertz CT molecular complexity index is 945. The molecule has 1 heterocycles. The quantitative estimate of drug-likeness (QED) is 0.726. The van der Waals surface area contributed by atoms with E-state index in [4.69, 9.17) is 5.10 Å². The molecule has 0 aromatic heterocycles. The van der Waals surface area contributed by atoms with Crippen LogP contribution < -0.4 is 5.01 Å². The lowest BCUT2D eigenvalue weighted by Crippen LogP contribution is -2.32. The van der Waals surface area contributed by atoms with E-state index >= 15 is 0 Å². The number of rotatable bonds is 1. The van der Waals surface area contributed by atoms with Crippen molar-refractivity contribution in [3.05, 3.63) is 101 Å². The van der Waals surface area contributed by atoms with Crippen LogP contribution >= 0.6 is 0 Å². The predicted octanol–water partition coefficient (Wildman–Crippen LogP) is 4.97. The zero-order valence-electron chi connectivity index (χ0n) is 13.6. The molecule has 0 saturated heterocycles. The van der Waals surface area contributed by atoms with Gasteiger partial charge in [-0.1, -0.05) is 60.7 Å². The van der Waals surface area contributed by atoms with E-state index in [2.05, 4.69) is 84.8 Å². The molecule has 0 fully saturated rings. The van der Waals surface area contributed by atoms with Crippen molar-refractivity contribution in [2.24, 2.45) is 5.10 Å². The van der Waals surface area contributed by atoms with Crippen LogP contribution in [0.4, 0.5) is 5.69 Å². The van der Waals surface area contributed by atoms with E-state index in [-0.39, 0.29) is 0 Å². The summed E-state index contributed by atoms with van der Waals surface area (Å²) in [5.74, 6) is 0.335. The summed E-state index contributed by atoms with van der Waals surface area (Å²) in [7, 11) is 0. The maximum Gasteiger partial charge on any atom is 0.0658 e. The second kappa shape index (κ2) is 5.07. The third kappa shape index (κ3) is 1.86. The average molecular weight is 310 g/mol. The predicted molar refractivity (Wildman–Crippen MR) is 99.2 cm³/mol. The summed E-state index contributed by atoms with van der Waals surface area (Å²) in [6, 6.07) is 19.3. The molecule has 2 heteroatoms. The van der Waals surface area contributed by atoms with Gasteiger partial charge >= 0.3 is 0 Å². The molecule has 24 heavy (non-hydrogen) atoms. The van der Waals surface area contributed by atoms with Gasteiger partial charge in [0.2, 0.25) is 0 Å². The SMILES string of the molecule is CC1=NN(c2ccccc2)C2=C3C1=CC=C[C@@H]3c1ccccc1C2. The van der Waals surface area contributed by atoms with Gasteiger partial charge in [0, 0.05) is 17.9 Å². The smallest absolute Gasteiger partial charge is 0.0658 e. The Labute approximate surface area is 142 Å². The minimum absolute atomic E-state index is 0.335. The zero-order chi connectivity index (χ0) is 16.1. The topological polar surface area (TPSA) is 15.6 Å². The highest BCUT2D eigenvalue weighted by atomic mass is 15.5. The van der Waals surface area contributed by atoms with Gasteiger partial charge in [0.25, 0.3) is 0 Å². The molecule has 1 aliphatic heterocycles. The van der Waals surface area contributed by atoms with Crippen molar-refractivity contribution in [1.82, 2.24) is 0 Å². The highest BCUT2D eigenvalue weighted by Gasteiger charge is 2.35. The van der Waals surface area contributed by atoms with Gasteiger partial charge in [-0.25, -0.2) is 5.01 Å². The number of hydrazone groups is 1. The maximum atomic E-state index is 4.92. The Kier molecular flexibility index (Phi) is 2.86. The number of nitrogens with zero attached hydrogens (tertiary/aromatic N) is 2. The molecule has 2 aromatic carbocycles. The largest absolute Gasteiger partial charge is 0.237 e. The minimum Gasteiger partial charge on any atom is -0.237 e. The van der Waals surface area contributed by atoms with Crippen molar-refractivity contribution in [3.8, 4) is 0 Å². The zero-order valence-corrected chi connectivity index (χ0v) is 13.6. The lowest BCUT2D eigenvalue weighted by molar-refractivity contribution is 0.809. The molecule has 3 aliphatic rings. The second-order valence-electron chi connectivity index (χ2n) is 6.51. The molecule has 5 rings (SSSR count). The summed E-state index contributed by atoms with van der Waals surface area (Å²) in [6.07, 6.45) is 7.64. The van der Waals surface area contributed by atoms with Crippen LogP contribution in [0.15, 0.2) is 94.8 Å². The highest BCUT2D eigenvalue weighted by Crippen LogP contribution is 2.46. The molecule has 0 N–H and O–H groups in total. The second-order valence-corrected chi connectivity index (χ2v) is 6.51. The number of hydrogen-bond acceptors (Lipinski definition) is 2. The number of hydrogen-bond donors (Lipinski definition) is 0. The monoisotopic (exact) mass is 310 g/mol. The molecule has 2 nitrogen and oxygen atoms in total. The number of anilines is 1. The van der Waals surface area contributed by atoms with E-state index in [9.17, 15) is 0 Å². The average Bonchev–Trinajstić information content (AvgIpc) is 2.65. The molecule has 0 amide bonds. The van der Waals surface area contributed by atoms with Gasteiger partial charge in [0.05, 0.1) is 17.1 Å². The summed E-state index contributed by atoms with van der Waals surface area (Å²) in [5.41, 5.74) is 9.08. The molecule has 1 atom stereocenters. The van der Waals surface area contributed by atoms with Crippen LogP contribution in [0.5, 0.6) is 0 Å². The van der Waals surface area contributed by atoms with E-state index in [1.165, 1.54) is 28.0 Å².